The summed E-state index contributed by atoms with van der Waals surface area (Å²) in [5, 5.41) is 14.6. The second-order valence-corrected chi connectivity index (χ2v) is 11.4. The van der Waals surface area contributed by atoms with Gasteiger partial charge in [0.1, 0.15) is 13.2 Å². The summed E-state index contributed by atoms with van der Waals surface area (Å²) in [5.41, 5.74) is 1.37. The number of nitrogens with zero attached hydrogens (tertiary/aromatic N) is 3. The van der Waals surface area contributed by atoms with Crippen molar-refractivity contribution in [2.45, 2.75) is 19.8 Å². The molecule has 3 aromatic carbocycles. The first-order valence-corrected chi connectivity index (χ1v) is 15.2. The maximum absolute atomic E-state index is 13.7. The Labute approximate surface area is 278 Å². The van der Waals surface area contributed by atoms with Crippen LogP contribution in [0.5, 0.6) is 0 Å². The second kappa shape index (κ2) is 13.0. The third-order valence-electron chi connectivity index (χ3n) is 8.47. The number of allylic oxidation sites excluding steroid dienone is 2. The number of benzene rings is 3. The summed E-state index contributed by atoms with van der Waals surface area (Å²) in [5.74, 6) is -5.09. The molecular weight excluding hydrogens is 636 g/mol. The molecule has 4 amide bonds. The fourth-order valence-corrected chi connectivity index (χ4v) is 6.19. The molecule has 0 unspecified atom stereocenters. The number of nitrogens with one attached hydrogen (secondary N) is 1. The van der Waals surface area contributed by atoms with Crippen LogP contribution >= 0.6 is 0 Å². The number of rotatable bonds is 10. The van der Waals surface area contributed by atoms with Crippen molar-refractivity contribution in [2.24, 2.45) is 0 Å². The molecule has 3 aliphatic heterocycles. The molecular formula is C35H28N4O10. The maximum atomic E-state index is 13.7. The van der Waals surface area contributed by atoms with Gasteiger partial charge in [0.05, 0.1) is 57.3 Å². The highest BCUT2D eigenvalue weighted by Crippen LogP contribution is 2.40. The number of hydrogen-bond donors (Lipinski definition) is 1. The van der Waals surface area contributed by atoms with Gasteiger partial charge >= 0.3 is 11.9 Å². The largest absolute Gasteiger partial charge is 0.460 e. The third kappa shape index (κ3) is 5.84. The van der Waals surface area contributed by atoms with Gasteiger partial charge in [-0.3, -0.25) is 39.1 Å². The molecule has 0 spiro atoms. The average molecular weight is 665 g/mol. The number of nitro benzene ring substituents is 1. The first-order chi connectivity index (χ1) is 23.5. The molecule has 0 aliphatic carbocycles. The Morgan fingerprint density at radius 3 is 1.49 bits per heavy atom. The molecule has 248 valence electrons. The summed E-state index contributed by atoms with van der Waals surface area (Å²) >= 11 is 0. The highest BCUT2D eigenvalue weighted by molar-refractivity contribution is 6.22. The monoisotopic (exact) mass is 664 g/mol. The fraction of sp³-hybridized carbons (Fsp3) is 0.200. The lowest BCUT2D eigenvalue weighted by Gasteiger charge is -2.30. The fourth-order valence-electron chi connectivity index (χ4n) is 6.19. The van der Waals surface area contributed by atoms with Crippen molar-refractivity contribution < 1.29 is 43.2 Å². The van der Waals surface area contributed by atoms with E-state index in [2.05, 4.69) is 5.32 Å². The van der Waals surface area contributed by atoms with Gasteiger partial charge in [-0.2, -0.15) is 0 Å². The van der Waals surface area contributed by atoms with E-state index in [-0.39, 0.29) is 71.0 Å². The van der Waals surface area contributed by atoms with E-state index in [4.69, 9.17) is 9.47 Å². The standard InChI is InChI=1S/C35H28N4O10/c1-19-27(34(44)48-16-14-37-30(40)23-10-3-4-11-24(23)31(37)41)29(21-8-7-9-22(18-21)39(46)47)28(20(2)36-19)35(45)49-17-15-38-32(42)25-12-5-6-13-26(25)33(38)43/h3-13,18,29,36H,14-17H2,1-2H3. The molecule has 14 heteroatoms. The van der Waals surface area contributed by atoms with Crippen molar-refractivity contribution in [1.29, 1.82) is 0 Å². The number of dihydropyridines is 1. The summed E-state index contributed by atoms with van der Waals surface area (Å²) in [6.07, 6.45) is 0. The van der Waals surface area contributed by atoms with Crippen LogP contribution in [0.4, 0.5) is 5.69 Å². The second-order valence-electron chi connectivity index (χ2n) is 11.4. The molecule has 1 N–H and O–H groups in total. The van der Waals surface area contributed by atoms with E-state index in [0.717, 1.165) is 9.80 Å². The summed E-state index contributed by atoms with van der Waals surface area (Å²) < 4.78 is 11.1. The van der Waals surface area contributed by atoms with Gasteiger partial charge in [-0.15, -0.1) is 0 Å². The molecule has 6 rings (SSSR count). The molecule has 49 heavy (non-hydrogen) atoms. The predicted octanol–water partition coefficient (Wildman–Crippen LogP) is 3.51. The van der Waals surface area contributed by atoms with Crippen molar-refractivity contribution in [1.82, 2.24) is 15.1 Å². The first-order valence-electron chi connectivity index (χ1n) is 15.2. The molecule has 3 heterocycles. The summed E-state index contributed by atoms with van der Waals surface area (Å²) in [4.78, 5) is 91.5. The molecule has 0 fully saturated rings. The van der Waals surface area contributed by atoms with E-state index >= 15 is 0 Å². The molecule has 0 saturated carbocycles. The van der Waals surface area contributed by atoms with E-state index in [1.165, 1.54) is 48.5 Å². The van der Waals surface area contributed by atoms with E-state index in [1.54, 1.807) is 38.1 Å². The molecule has 3 aromatic rings. The number of ether oxygens (including phenoxy) is 2. The van der Waals surface area contributed by atoms with Crippen molar-refractivity contribution >= 4 is 41.3 Å². The summed E-state index contributed by atoms with van der Waals surface area (Å²) in [6.45, 7) is 1.93. The smallest absolute Gasteiger partial charge is 0.336 e. The quantitative estimate of drug-likeness (QED) is 0.145. The number of non-ortho nitro benzene ring substituents is 1. The van der Waals surface area contributed by atoms with Gasteiger partial charge in [-0.05, 0) is 43.7 Å². The van der Waals surface area contributed by atoms with Gasteiger partial charge in [0.15, 0.2) is 0 Å². The molecule has 0 saturated heterocycles. The summed E-state index contributed by atoms with van der Waals surface area (Å²) in [7, 11) is 0. The Kier molecular flexibility index (Phi) is 8.61. The highest BCUT2D eigenvalue weighted by atomic mass is 16.6. The molecule has 0 atom stereocenters. The Morgan fingerprint density at radius 2 is 1.10 bits per heavy atom. The Hall–Kier alpha value is -6.44. The van der Waals surface area contributed by atoms with E-state index in [9.17, 15) is 38.9 Å². The van der Waals surface area contributed by atoms with Gasteiger partial charge in [0.25, 0.3) is 29.3 Å². The van der Waals surface area contributed by atoms with Crippen LogP contribution in [0, 0.1) is 10.1 Å². The van der Waals surface area contributed by atoms with E-state index < -0.39 is 46.4 Å². The average Bonchev–Trinajstić information content (AvgIpc) is 3.48. The lowest BCUT2D eigenvalue weighted by atomic mass is 9.80. The Morgan fingerprint density at radius 1 is 0.694 bits per heavy atom. The van der Waals surface area contributed by atoms with Crippen molar-refractivity contribution in [3.8, 4) is 0 Å². The number of carbonyl (C=O) groups excluding carboxylic acids is 6. The minimum atomic E-state index is -1.19. The number of carbonyl (C=O) groups is 6. The van der Waals surface area contributed by atoms with Gasteiger partial charge in [-0.25, -0.2) is 9.59 Å². The molecule has 0 bridgehead atoms. The van der Waals surface area contributed by atoms with Gasteiger partial charge in [0.2, 0.25) is 0 Å². The molecule has 0 aromatic heterocycles. The number of amides is 4. The van der Waals surface area contributed by atoms with Gasteiger partial charge in [-0.1, -0.05) is 36.4 Å². The topological polar surface area (TPSA) is 183 Å². The number of nitro groups is 1. The SMILES string of the molecule is CC1=C(C(=O)OCCN2C(=O)c3ccccc3C2=O)C(c2cccc([N+](=O)[O-])c2)C(C(=O)OCCN2C(=O)c3ccccc3C2=O)=C(C)N1. The van der Waals surface area contributed by atoms with E-state index in [0.29, 0.717) is 11.4 Å². The molecule has 3 aliphatic rings. The van der Waals surface area contributed by atoms with Crippen LogP contribution in [-0.4, -0.2) is 76.6 Å². The predicted molar refractivity (Wildman–Crippen MR) is 170 cm³/mol. The lowest BCUT2D eigenvalue weighted by Crippen LogP contribution is -2.36. The van der Waals surface area contributed by atoms with Gasteiger partial charge < -0.3 is 14.8 Å². The Balaban J connectivity index is 1.21. The number of fused-ring (bicyclic) bond motifs is 2. The zero-order chi connectivity index (χ0) is 35.0. The van der Waals surface area contributed by atoms with Crippen LogP contribution in [0.3, 0.4) is 0 Å². The van der Waals surface area contributed by atoms with Crippen molar-refractivity contribution in [3.05, 3.63) is 133 Å². The normalized spacial score (nSPS) is 15.8. The van der Waals surface area contributed by atoms with Crippen LogP contribution in [0.1, 0.15) is 66.8 Å². The van der Waals surface area contributed by atoms with Crippen molar-refractivity contribution in [2.75, 3.05) is 26.3 Å². The minimum Gasteiger partial charge on any atom is -0.460 e. The van der Waals surface area contributed by atoms with Crippen LogP contribution < -0.4 is 5.32 Å². The van der Waals surface area contributed by atoms with Gasteiger partial charge in [0, 0.05) is 23.5 Å². The maximum Gasteiger partial charge on any atom is 0.336 e. The van der Waals surface area contributed by atoms with Crippen LogP contribution in [0.25, 0.3) is 0 Å². The molecule has 0 radical (unpaired) electrons. The highest BCUT2D eigenvalue weighted by Gasteiger charge is 2.40. The number of esters is 2. The van der Waals surface area contributed by atoms with Crippen molar-refractivity contribution in [3.63, 3.8) is 0 Å². The van der Waals surface area contributed by atoms with Crippen LogP contribution in [0.15, 0.2) is 95.3 Å². The minimum absolute atomic E-state index is 0.0549. The zero-order valence-corrected chi connectivity index (χ0v) is 26.3. The molecule has 14 nitrogen and oxygen atoms in total. The number of imide groups is 2. The summed E-state index contributed by atoms with van der Waals surface area (Å²) in [6, 6.07) is 18.1. The Bertz CT molecular complexity index is 1860. The third-order valence-corrected chi connectivity index (χ3v) is 8.47. The number of hydrogen-bond acceptors (Lipinski definition) is 11. The van der Waals surface area contributed by atoms with E-state index in [1.807, 2.05) is 0 Å². The first kappa shape index (κ1) is 32.5. The zero-order valence-electron chi connectivity index (χ0n) is 26.3. The van der Waals surface area contributed by atoms with Crippen LogP contribution in [-0.2, 0) is 19.1 Å². The van der Waals surface area contributed by atoms with Crippen LogP contribution in [0.2, 0.25) is 0 Å². The lowest BCUT2D eigenvalue weighted by molar-refractivity contribution is -0.384.